The molecular weight excluding hydrogens is 202 g/mol. The second-order valence-electron chi connectivity index (χ2n) is 4.04. The maximum Gasteiger partial charge on any atom is 0.161 e. The number of hydrogen-bond acceptors (Lipinski definition) is 2. The number of carbonyl (C=O) groups is 1. The predicted molar refractivity (Wildman–Crippen MR) is 63.8 cm³/mol. The quantitative estimate of drug-likeness (QED) is 0.800. The third-order valence-electron chi connectivity index (χ3n) is 2.76. The molecule has 0 atom stereocenters. The number of aromatic nitrogens is 1. The minimum absolute atomic E-state index is 0.0607. The lowest BCUT2D eigenvalue weighted by atomic mass is 10.1. The van der Waals surface area contributed by atoms with Gasteiger partial charge in [-0.3, -0.25) is 4.79 Å². The monoisotopic (exact) mass is 217 g/mol. The van der Waals surface area contributed by atoms with Crippen molar-refractivity contribution in [3.8, 4) is 0 Å². The highest BCUT2D eigenvalue weighted by Crippen LogP contribution is 2.23. The summed E-state index contributed by atoms with van der Waals surface area (Å²) in [7, 11) is 0. The number of rotatable bonds is 3. The zero-order chi connectivity index (χ0) is 11.7. The molecular formula is C13H15NO2. The Kier molecular flexibility index (Phi) is 2.79. The fourth-order valence-electron chi connectivity index (χ4n) is 1.98. The van der Waals surface area contributed by atoms with E-state index >= 15 is 0 Å². The van der Waals surface area contributed by atoms with Crippen molar-refractivity contribution in [1.29, 1.82) is 0 Å². The van der Waals surface area contributed by atoms with Crippen LogP contribution in [0.4, 0.5) is 0 Å². The van der Waals surface area contributed by atoms with E-state index in [0.717, 1.165) is 22.0 Å². The molecule has 1 N–H and O–H groups in total. The number of carbonyl (C=O) groups excluding carboxylic acids is 1. The van der Waals surface area contributed by atoms with Gasteiger partial charge in [-0.1, -0.05) is 12.1 Å². The molecule has 0 saturated carbocycles. The summed E-state index contributed by atoms with van der Waals surface area (Å²) in [6, 6.07) is 6.00. The molecule has 16 heavy (non-hydrogen) atoms. The van der Waals surface area contributed by atoms with Crippen LogP contribution >= 0.6 is 0 Å². The molecule has 0 aliphatic rings. The number of aryl methyl sites for hydroxylation is 1. The summed E-state index contributed by atoms with van der Waals surface area (Å²) in [5.41, 5.74) is 2.89. The van der Waals surface area contributed by atoms with Gasteiger partial charge in [-0.2, -0.15) is 0 Å². The summed E-state index contributed by atoms with van der Waals surface area (Å²) >= 11 is 0. The van der Waals surface area contributed by atoms with Crippen molar-refractivity contribution < 1.29 is 9.90 Å². The summed E-state index contributed by atoms with van der Waals surface area (Å²) in [6.07, 6.45) is 1.82. The van der Waals surface area contributed by atoms with Gasteiger partial charge in [0.05, 0.1) is 6.61 Å². The molecule has 0 radical (unpaired) electrons. The maximum atomic E-state index is 11.5. The Morgan fingerprint density at radius 1 is 1.44 bits per heavy atom. The largest absolute Gasteiger partial charge is 0.395 e. The number of benzene rings is 1. The second kappa shape index (κ2) is 4.10. The van der Waals surface area contributed by atoms with Gasteiger partial charge in [-0.25, -0.2) is 0 Å². The molecule has 0 fully saturated rings. The molecule has 3 heteroatoms. The Labute approximate surface area is 94.3 Å². The van der Waals surface area contributed by atoms with E-state index in [9.17, 15) is 4.79 Å². The molecule has 0 saturated heterocycles. The lowest BCUT2D eigenvalue weighted by molar-refractivity contribution is 0.101. The topological polar surface area (TPSA) is 42.2 Å². The van der Waals surface area contributed by atoms with Gasteiger partial charge in [-0.15, -0.1) is 0 Å². The molecule has 2 rings (SSSR count). The van der Waals surface area contributed by atoms with Crippen LogP contribution in [0.25, 0.3) is 10.9 Å². The number of Topliss-reactive ketones (excluding diaryl/α,β-unsaturated/α-hetero) is 1. The van der Waals surface area contributed by atoms with Crippen molar-refractivity contribution >= 4 is 16.7 Å². The normalized spacial score (nSPS) is 10.9. The van der Waals surface area contributed by atoms with E-state index in [0.29, 0.717) is 6.54 Å². The minimum atomic E-state index is 0.0607. The van der Waals surface area contributed by atoms with Gasteiger partial charge in [0.1, 0.15) is 0 Å². The van der Waals surface area contributed by atoms with E-state index in [4.69, 9.17) is 5.11 Å². The summed E-state index contributed by atoms with van der Waals surface area (Å²) in [5, 5.41) is 9.95. The molecule has 0 bridgehead atoms. The highest BCUT2D eigenvalue weighted by atomic mass is 16.3. The Hall–Kier alpha value is -1.61. The van der Waals surface area contributed by atoms with Crippen LogP contribution in [0.2, 0.25) is 0 Å². The molecule has 0 amide bonds. The van der Waals surface area contributed by atoms with Crippen molar-refractivity contribution in [2.24, 2.45) is 0 Å². The van der Waals surface area contributed by atoms with Gasteiger partial charge in [0.15, 0.2) is 5.78 Å². The number of hydrogen-bond donors (Lipinski definition) is 1. The molecule has 1 aromatic carbocycles. The second-order valence-corrected chi connectivity index (χ2v) is 4.04. The fourth-order valence-corrected chi connectivity index (χ4v) is 1.98. The van der Waals surface area contributed by atoms with E-state index in [-0.39, 0.29) is 12.4 Å². The van der Waals surface area contributed by atoms with Gasteiger partial charge in [-0.05, 0) is 25.5 Å². The van der Waals surface area contributed by atoms with Crippen LogP contribution in [-0.2, 0) is 6.54 Å². The number of aliphatic hydroxyl groups excluding tert-OH is 1. The standard InChI is InChI=1S/C13H15NO2/c1-9-3-4-11-12(10(2)16)8-14(5-6-15)13(11)7-9/h3-4,7-8,15H,5-6H2,1-2H3. The van der Waals surface area contributed by atoms with Crippen LogP contribution in [0.5, 0.6) is 0 Å². The van der Waals surface area contributed by atoms with Crippen LogP contribution in [0, 0.1) is 6.92 Å². The third kappa shape index (κ3) is 1.74. The molecule has 84 valence electrons. The zero-order valence-corrected chi connectivity index (χ0v) is 9.53. The summed E-state index contributed by atoms with van der Waals surface area (Å²) < 4.78 is 1.93. The van der Waals surface area contributed by atoms with Crippen molar-refractivity contribution in [3.63, 3.8) is 0 Å². The van der Waals surface area contributed by atoms with Crippen molar-refractivity contribution in [2.75, 3.05) is 6.61 Å². The number of fused-ring (bicyclic) bond motifs is 1. The van der Waals surface area contributed by atoms with Gasteiger partial charge >= 0.3 is 0 Å². The molecule has 1 heterocycles. The van der Waals surface area contributed by atoms with Crippen molar-refractivity contribution in [1.82, 2.24) is 4.57 Å². The lowest BCUT2D eigenvalue weighted by Gasteiger charge is -2.02. The SMILES string of the molecule is CC(=O)c1cn(CCO)c2cc(C)ccc12. The van der Waals surface area contributed by atoms with Gasteiger partial charge in [0.25, 0.3) is 0 Å². The van der Waals surface area contributed by atoms with E-state index in [1.807, 2.05) is 35.9 Å². The van der Waals surface area contributed by atoms with Crippen molar-refractivity contribution in [2.45, 2.75) is 20.4 Å². The maximum absolute atomic E-state index is 11.5. The van der Waals surface area contributed by atoms with Crippen LogP contribution in [0.3, 0.4) is 0 Å². The molecule has 1 aromatic heterocycles. The van der Waals surface area contributed by atoms with Crippen LogP contribution < -0.4 is 0 Å². The molecule has 0 aliphatic carbocycles. The van der Waals surface area contributed by atoms with Crippen molar-refractivity contribution in [3.05, 3.63) is 35.5 Å². The highest BCUT2D eigenvalue weighted by Gasteiger charge is 2.11. The Morgan fingerprint density at radius 2 is 2.19 bits per heavy atom. The summed E-state index contributed by atoms with van der Waals surface area (Å²) in [5.74, 6) is 0.0607. The first-order valence-corrected chi connectivity index (χ1v) is 5.35. The number of nitrogens with zero attached hydrogens (tertiary/aromatic N) is 1. The van der Waals surface area contributed by atoms with Crippen LogP contribution in [-0.4, -0.2) is 22.1 Å². The summed E-state index contributed by atoms with van der Waals surface area (Å²) in [6.45, 7) is 4.18. The average Bonchev–Trinajstić information content (AvgIpc) is 2.58. The Balaban J connectivity index is 2.71. The van der Waals surface area contributed by atoms with Gasteiger partial charge in [0, 0.05) is 29.2 Å². The van der Waals surface area contributed by atoms with E-state index in [1.54, 1.807) is 6.92 Å². The van der Waals surface area contributed by atoms with Crippen LogP contribution in [0.1, 0.15) is 22.8 Å². The van der Waals surface area contributed by atoms with Crippen LogP contribution in [0.15, 0.2) is 24.4 Å². The van der Waals surface area contributed by atoms with E-state index < -0.39 is 0 Å². The number of ketones is 1. The minimum Gasteiger partial charge on any atom is -0.395 e. The highest BCUT2D eigenvalue weighted by molar-refractivity contribution is 6.07. The fraction of sp³-hybridized carbons (Fsp3) is 0.308. The Morgan fingerprint density at radius 3 is 2.81 bits per heavy atom. The lowest BCUT2D eigenvalue weighted by Crippen LogP contribution is -2.00. The molecule has 3 nitrogen and oxygen atoms in total. The zero-order valence-electron chi connectivity index (χ0n) is 9.53. The molecule has 2 aromatic rings. The van der Waals surface area contributed by atoms with E-state index in [1.165, 1.54) is 0 Å². The summed E-state index contributed by atoms with van der Waals surface area (Å²) in [4.78, 5) is 11.5. The molecule has 0 unspecified atom stereocenters. The smallest absolute Gasteiger partial charge is 0.161 e. The third-order valence-corrected chi connectivity index (χ3v) is 2.76. The van der Waals surface area contributed by atoms with Gasteiger partial charge < -0.3 is 9.67 Å². The first-order valence-electron chi connectivity index (χ1n) is 5.35. The average molecular weight is 217 g/mol. The Bertz CT molecular complexity index is 540. The molecule has 0 aliphatic heterocycles. The van der Waals surface area contributed by atoms with E-state index in [2.05, 4.69) is 0 Å². The number of aliphatic hydroxyl groups is 1. The predicted octanol–water partition coefficient (Wildman–Crippen LogP) is 2.14. The first kappa shape index (κ1) is 10.9. The molecule has 0 spiro atoms. The van der Waals surface area contributed by atoms with Gasteiger partial charge in [0.2, 0.25) is 0 Å². The first-order chi connectivity index (χ1) is 7.63.